The van der Waals surface area contributed by atoms with Crippen molar-refractivity contribution in [1.29, 1.82) is 0 Å². The molecule has 1 spiro atoms. The van der Waals surface area contributed by atoms with Crippen molar-refractivity contribution in [2.45, 2.75) is 35.3 Å². The Morgan fingerprint density at radius 1 is 1.24 bits per heavy atom. The maximum absolute atomic E-state index is 12.5. The van der Waals surface area contributed by atoms with Gasteiger partial charge in [-0.3, -0.25) is 4.79 Å². The number of sulfone groups is 1. The summed E-state index contributed by atoms with van der Waals surface area (Å²) in [6.45, 7) is 0. The second kappa shape index (κ2) is 3.42. The predicted molar refractivity (Wildman–Crippen MR) is 66.9 cm³/mol. The number of hydrogen-bond donors (Lipinski definition) is 0. The Morgan fingerprint density at radius 3 is 2.53 bits per heavy atom. The molecule has 1 saturated carbocycles. The Kier molecular flexibility index (Phi) is 2.29. The molecule has 1 aromatic carbocycles. The van der Waals surface area contributed by atoms with E-state index in [1.807, 2.05) is 0 Å². The molecule has 0 bridgehead atoms. The Morgan fingerprint density at radius 2 is 1.94 bits per heavy atom. The van der Waals surface area contributed by atoms with Crippen LogP contribution in [0.2, 0.25) is 0 Å². The fourth-order valence-electron chi connectivity index (χ4n) is 2.69. The lowest BCUT2D eigenvalue weighted by molar-refractivity contribution is 0.0936. The molecule has 1 heterocycles. The van der Waals surface area contributed by atoms with E-state index in [1.165, 1.54) is 0 Å². The van der Waals surface area contributed by atoms with E-state index in [0.717, 1.165) is 10.9 Å². The number of ketones is 1. The monoisotopic (exact) mass is 314 g/mol. The van der Waals surface area contributed by atoms with Gasteiger partial charge in [0, 0.05) is 16.5 Å². The van der Waals surface area contributed by atoms with Crippen molar-refractivity contribution >= 4 is 31.6 Å². The van der Waals surface area contributed by atoms with Crippen molar-refractivity contribution in [3.63, 3.8) is 0 Å². The number of carbonyl (C=O) groups excluding carboxylic acids is 1. The summed E-state index contributed by atoms with van der Waals surface area (Å²) in [5.41, 5.74) is 0.344. The molecule has 1 aliphatic heterocycles. The Bertz CT molecular complexity index is 615. The van der Waals surface area contributed by atoms with Crippen molar-refractivity contribution in [1.82, 2.24) is 0 Å². The number of benzene rings is 1. The molecule has 3 rings (SSSR count). The predicted octanol–water partition coefficient (Wildman–Crippen LogP) is 2.73. The van der Waals surface area contributed by atoms with E-state index < -0.39 is 14.6 Å². The summed E-state index contributed by atoms with van der Waals surface area (Å²) in [4.78, 5) is 12.3. The van der Waals surface area contributed by atoms with Gasteiger partial charge in [0.25, 0.3) is 0 Å². The highest BCUT2D eigenvalue weighted by atomic mass is 79.9. The fourth-order valence-corrected chi connectivity index (χ4v) is 5.37. The molecular formula is C12H11BrO3S. The molecule has 1 aromatic rings. The van der Waals surface area contributed by atoms with Crippen LogP contribution in [0.1, 0.15) is 36.0 Å². The van der Waals surface area contributed by atoms with Crippen LogP contribution in [0.3, 0.4) is 0 Å². The van der Waals surface area contributed by atoms with Gasteiger partial charge in [-0.2, -0.15) is 0 Å². The van der Waals surface area contributed by atoms with Crippen LogP contribution in [-0.2, 0) is 9.84 Å². The average molecular weight is 315 g/mol. The van der Waals surface area contributed by atoms with Gasteiger partial charge in [0.05, 0.1) is 9.64 Å². The van der Waals surface area contributed by atoms with Gasteiger partial charge in [0.15, 0.2) is 15.6 Å². The highest BCUT2D eigenvalue weighted by Crippen LogP contribution is 2.49. The number of carbonyl (C=O) groups is 1. The Hall–Kier alpha value is -0.680. The van der Waals surface area contributed by atoms with Crippen molar-refractivity contribution in [3.05, 3.63) is 28.2 Å². The van der Waals surface area contributed by atoms with Gasteiger partial charge in [0.2, 0.25) is 0 Å². The lowest BCUT2D eigenvalue weighted by Crippen LogP contribution is -2.49. The maximum atomic E-state index is 12.5. The number of halogens is 1. The van der Waals surface area contributed by atoms with E-state index in [2.05, 4.69) is 15.9 Å². The van der Waals surface area contributed by atoms with Gasteiger partial charge < -0.3 is 0 Å². The minimum absolute atomic E-state index is 0.0455. The quantitative estimate of drug-likeness (QED) is 0.740. The molecule has 1 fully saturated rings. The van der Waals surface area contributed by atoms with Crippen LogP contribution in [0, 0.1) is 0 Å². The van der Waals surface area contributed by atoms with Gasteiger partial charge >= 0.3 is 0 Å². The lowest BCUT2D eigenvalue weighted by Gasteiger charge is -2.43. The van der Waals surface area contributed by atoms with Crippen molar-refractivity contribution in [3.8, 4) is 0 Å². The van der Waals surface area contributed by atoms with Crippen LogP contribution in [0.5, 0.6) is 0 Å². The molecule has 0 radical (unpaired) electrons. The van der Waals surface area contributed by atoms with Gasteiger partial charge in [-0.05, 0) is 31.0 Å². The minimum Gasteiger partial charge on any atom is -0.294 e. The first-order chi connectivity index (χ1) is 7.96. The topological polar surface area (TPSA) is 51.2 Å². The molecule has 5 heteroatoms. The first kappa shape index (κ1) is 11.4. The molecule has 0 N–H and O–H groups in total. The largest absolute Gasteiger partial charge is 0.294 e. The Balaban J connectivity index is 2.28. The van der Waals surface area contributed by atoms with Gasteiger partial charge in [-0.15, -0.1) is 0 Å². The molecule has 2 aliphatic rings. The summed E-state index contributed by atoms with van der Waals surface area (Å²) >= 11 is 3.27. The van der Waals surface area contributed by atoms with Crippen LogP contribution in [0.25, 0.3) is 0 Å². The number of rotatable bonds is 0. The molecule has 0 unspecified atom stereocenters. The van der Waals surface area contributed by atoms with Crippen LogP contribution < -0.4 is 0 Å². The molecule has 90 valence electrons. The summed E-state index contributed by atoms with van der Waals surface area (Å²) in [7, 11) is -3.34. The number of Topliss-reactive ketones (excluding diaryl/α,β-unsaturated/α-hetero) is 1. The van der Waals surface area contributed by atoms with E-state index >= 15 is 0 Å². The highest BCUT2D eigenvalue weighted by molar-refractivity contribution is 9.10. The number of fused-ring (bicyclic) bond motifs is 1. The van der Waals surface area contributed by atoms with Gasteiger partial charge in [-0.25, -0.2) is 8.42 Å². The molecular weight excluding hydrogens is 304 g/mol. The maximum Gasteiger partial charge on any atom is 0.185 e. The Labute approximate surface area is 108 Å². The minimum atomic E-state index is -3.34. The van der Waals surface area contributed by atoms with Crippen molar-refractivity contribution in [2.24, 2.45) is 0 Å². The van der Waals surface area contributed by atoms with Gasteiger partial charge in [-0.1, -0.05) is 22.4 Å². The highest BCUT2D eigenvalue weighted by Gasteiger charge is 2.54. The average Bonchev–Trinajstić information content (AvgIpc) is 2.20. The zero-order chi connectivity index (χ0) is 12.3. The van der Waals surface area contributed by atoms with Crippen LogP contribution in [-0.4, -0.2) is 18.9 Å². The van der Waals surface area contributed by atoms with E-state index in [4.69, 9.17) is 0 Å². The molecule has 0 saturated heterocycles. The zero-order valence-corrected chi connectivity index (χ0v) is 11.5. The zero-order valence-electron chi connectivity index (χ0n) is 9.07. The summed E-state index contributed by atoms with van der Waals surface area (Å²) in [6.07, 6.45) is 2.30. The smallest absolute Gasteiger partial charge is 0.185 e. The van der Waals surface area contributed by atoms with E-state index in [1.54, 1.807) is 18.2 Å². The lowest BCUT2D eigenvalue weighted by atomic mass is 9.79. The molecule has 17 heavy (non-hydrogen) atoms. The van der Waals surface area contributed by atoms with Gasteiger partial charge in [0.1, 0.15) is 0 Å². The normalized spacial score (nSPS) is 24.2. The SMILES string of the molecule is O=C1CC2(CCC2)S(=O)(=O)c2ccc(Br)cc21. The third kappa shape index (κ3) is 1.38. The molecule has 1 aliphatic carbocycles. The summed E-state index contributed by atoms with van der Waals surface area (Å²) in [6, 6.07) is 4.84. The van der Waals surface area contributed by atoms with Crippen LogP contribution in [0.4, 0.5) is 0 Å². The van der Waals surface area contributed by atoms with E-state index in [-0.39, 0.29) is 17.1 Å². The number of hydrogen-bond acceptors (Lipinski definition) is 3. The molecule has 0 amide bonds. The molecule has 0 aromatic heterocycles. The first-order valence-corrected chi connectivity index (χ1v) is 7.81. The molecule has 0 atom stereocenters. The van der Waals surface area contributed by atoms with Crippen LogP contribution >= 0.6 is 15.9 Å². The molecule has 3 nitrogen and oxygen atoms in total. The fraction of sp³-hybridized carbons (Fsp3) is 0.417. The summed E-state index contributed by atoms with van der Waals surface area (Å²) < 4.78 is 24.9. The summed E-state index contributed by atoms with van der Waals surface area (Å²) in [5, 5.41) is 0. The third-order valence-corrected chi connectivity index (χ3v) is 6.97. The van der Waals surface area contributed by atoms with Crippen molar-refractivity contribution < 1.29 is 13.2 Å². The second-order valence-electron chi connectivity index (χ2n) is 4.78. The van der Waals surface area contributed by atoms with E-state index in [0.29, 0.717) is 18.4 Å². The standard InChI is InChI=1S/C12H11BrO3S/c13-8-2-3-11-9(6-8)10(14)7-12(4-1-5-12)17(11,15)16/h2-3,6H,1,4-5,7H2. The summed E-state index contributed by atoms with van der Waals surface area (Å²) in [5.74, 6) is -0.0455. The van der Waals surface area contributed by atoms with E-state index in [9.17, 15) is 13.2 Å². The second-order valence-corrected chi connectivity index (χ2v) is 8.01. The third-order valence-electron chi connectivity index (χ3n) is 3.85. The van der Waals surface area contributed by atoms with Crippen molar-refractivity contribution in [2.75, 3.05) is 0 Å². The van der Waals surface area contributed by atoms with Crippen LogP contribution in [0.15, 0.2) is 27.6 Å². The first-order valence-electron chi connectivity index (χ1n) is 5.54.